The fourth-order valence-corrected chi connectivity index (χ4v) is 2.83. The van der Waals surface area contributed by atoms with Crippen LogP contribution in [0.25, 0.3) is 6.08 Å². The first-order chi connectivity index (χ1) is 13.5. The molecule has 0 amide bonds. The Morgan fingerprint density at radius 2 is 1.71 bits per heavy atom. The maximum absolute atomic E-state index is 12.5. The van der Waals surface area contributed by atoms with E-state index in [4.69, 9.17) is 4.74 Å². The minimum absolute atomic E-state index is 0.0774. The highest BCUT2D eigenvalue weighted by Gasteiger charge is 2.17. The molecular weight excluding hydrogens is 352 g/mol. The second kappa shape index (κ2) is 10.2. The highest BCUT2D eigenvalue weighted by molar-refractivity contribution is 6.07. The average molecular weight is 378 g/mol. The standard InChI is InChI=1S/C24H26O4/c1-4-7-18-16-19(8-5-2)24(28-15-6-3)21(23(18)27)13-14-22(26)17-9-11-20(25)12-10-17/h4-5,9-14,16,25,27H,1-2,6-8,15H2,3H3. The predicted octanol–water partition coefficient (Wildman–Crippen LogP) is 5.24. The summed E-state index contributed by atoms with van der Waals surface area (Å²) in [6.45, 7) is 10.0. The van der Waals surface area contributed by atoms with Crippen LogP contribution in [0.3, 0.4) is 0 Å². The summed E-state index contributed by atoms with van der Waals surface area (Å²) in [5, 5.41) is 20.1. The van der Waals surface area contributed by atoms with Gasteiger partial charge in [-0.1, -0.05) is 19.1 Å². The van der Waals surface area contributed by atoms with Crippen molar-refractivity contribution in [2.24, 2.45) is 0 Å². The van der Waals surface area contributed by atoms with E-state index in [1.165, 1.54) is 18.2 Å². The quantitative estimate of drug-likeness (QED) is 0.337. The van der Waals surface area contributed by atoms with Gasteiger partial charge in [0.25, 0.3) is 0 Å². The number of phenols is 2. The van der Waals surface area contributed by atoms with Crippen LogP contribution in [0.4, 0.5) is 0 Å². The van der Waals surface area contributed by atoms with E-state index in [0.717, 1.165) is 12.0 Å². The molecule has 4 nitrogen and oxygen atoms in total. The first-order valence-corrected chi connectivity index (χ1v) is 9.25. The van der Waals surface area contributed by atoms with Crippen molar-refractivity contribution in [2.75, 3.05) is 6.61 Å². The molecule has 2 aromatic rings. The van der Waals surface area contributed by atoms with Gasteiger partial charge in [0.1, 0.15) is 17.2 Å². The number of phenolic OH excluding ortho intramolecular Hbond substituents is 2. The van der Waals surface area contributed by atoms with E-state index in [0.29, 0.717) is 41.9 Å². The maximum Gasteiger partial charge on any atom is 0.185 e. The maximum atomic E-state index is 12.5. The lowest BCUT2D eigenvalue weighted by molar-refractivity contribution is 0.104. The van der Waals surface area contributed by atoms with Crippen LogP contribution in [0.5, 0.6) is 17.2 Å². The fraction of sp³-hybridized carbons (Fsp3) is 0.208. The summed E-state index contributed by atoms with van der Waals surface area (Å²) in [6.07, 6.45) is 8.36. The van der Waals surface area contributed by atoms with Crippen LogP contribution in [-0.2, 0) is 12.8 Å². The molecule has 2 aromatic carbocycles. The van der Waals surface area contributed by atoms with Gasteiger partial charge in [0.15, 0.2) is 5.78 Å². The number of rotatable bonds is 10. The van der Waals surface area contributed by atoms with Crippen LogP contribution in [0, 0.1) is 0 Å². The molecule has 0 aliphatic rings. The van der Waals surface area contributed by atoms with Gasteiger partial charge in [0, 0.05) is 5.56 Å². The van der Waals surface area contributed by atoms with Gasteiger partial charge in [-0.15, -0.1) is 13.2 Å². The number of ether oxygens (including phenoxy) is 1. The summed E-state index contributed by atoms with van der Waals surface area (Å²) in [5.74, 6) is 0.496. The van der Waals surface area contributed by atoms with E-state index < -0.39 is 0 Å². The van der Waals surface area contributed by atoms with Crippen LogP contribution in [0.1, 0.15) is 40.4 Å². The molecule has 4 heteroatoms. The number of carbonyl (C=O) groups is 1. The second-order valence-corrected chi connectivity index (χ2v) is 6.36. The molecule has 2 rings (SSSR count). The summed E-state index contributed by atoms with van der Waals surface area (Å²) in [6, 6.07) is 7.91. The van der Waals surface area contributed by atoms with Crippen molar-refractivity contribution in [1.29, 1.82) is 0 Å². The topological polar surface area (TPSA) is 66.8 Å². The summed E-state index contributed by atoms with van der Waals surface area (Å²) >= 11 is 0. The molecule has 146 valence electrons. The molecule has 0 aliphatic heterocycles. The van der Waals surface area contributed by atoms with E-state index in [1.807, 2.05) is 13.0 Å². The molecule has 0 heterocycles. The Hall–Kier alpha value is -3.27. The van der Waals surface area contributed by atoms with E-state index in [1.54, 1.807) is 30.4 Å². The zero-order valence-corrected chi connectivity index (χ0v) is 16.1. The van der Waals surface area contributed by atoms with Crippen LogP contribution >= 0.6 is 0 Å². The van der Waals surface area contributed by atoms with Crippen molar-refractivity contribution in [3.8, 4) is 17.2 Å². The van der Waals surface area contributed by atoms with Crippen molar-refractivity contribution >= 4 is 11.9 Å². The smallest absolute Gasteiger partial charge is 0.185 e. The molecule has 0 atom stereocenters. The number of ketones is 1. The summed E-state index contributed by atoms with van der Waals surface area (Å²) in [4.78, 5) is 12.5. The molecule has 28 heavy (non-hydrogen) atoms. The van der Waals surface area contributed by atoms with Gasteiger partial charge < -0.3 is 14.9 Å². The predicted molar refractivity (Wildman–Crippen MR) is 113 cm³/mol. The van der Waals surface area contributed by atoms with Gasteiger partial charge in [-0.3, -0.25) is 4.79 Å². The monoisotopic (exact) mass is 378 g/mol. The van der Waals surface area contributed by atoms with Gasteiger partial charge in [-0.25, -0.2) is 0 Å². The molecule has 0 bridgehead atoms. The molecule has 0 unspecified atom stereocenters. The number of hydrogen-bond donors (Lipinski definition) is 2. The second-order valence-electron chi connectivity index (χ2n) is 6.36. The molecule has 0 spiro atoms. The fourth-order valence-electron chi connectivity index (χ4n) is 2.83. The normalized spacial score (nSPS) is 10.8. The summed E-state index contributed by atoms with van der Waals surface area (Å²) in [7, 11) is 0. The molecule has 0 aliphatic carbocycles. The summed E-state index contributed by atoms with van der Waals surface area (Å²) < 4.78 is 5.91. The Balaban J connectivity index is 2.51. The van der Waals surface area contributed by atoms with E-state index >= 15 is 0 Å². The number of carbonyl (C=O) groups excluding carboxylic acids is 1. The number of benzene rings is 2. The lowest BCUT2D eigenvalue weighted by Crippen LogP contribution is -2.03. The summed E-state index contributed by atoms with van der Waals surface area (Å²) in [5.41, 5.74) is 2.53. The largest absolute Gasteiger partial charge is 0.508 e. The molecule has 0 aromatic heterocycles. The van der Waals surface area contributed by atoms with Crippen LogP contribution < -0.4 is 4.74 Å². The Morgan fingerprint density at radius 1 is 1.07 bits per heavy atom. The van der Waals surface area contributed by atoms with Crippen molar-refractivity contribution in [1.82, 2.24) is 0 Å². The van der Waals surface area contributed by atoms with Crippen LogP contribution in [-0.4, -0.2) is 22.6 Å². The molecule has 0 fully saturated rings. The van der Waals surface area contributed by atoms with Gasteiger partial charge in [0.2, 0.25) is 0 Å². The number of aromatic hydroxyl groups is 2. The molecule has 0 saturated carbocycles. The van der Waals surface area contributed by atoms with Gasteiger partial charge in [0.05, 0.1) is 12.2 Å². The first kappa shape index (κ1) is 21.0. The Bertz CT molecular complexity index is 876. The number of hydrogen-bond acceptors (Lipinski definition) is 4. The Kier molecular flexibility index (Phi) is 7.64. The number of allylic oxidation sites excluding steroid dienone is 3. The van der Waals surface area contributed by atoms with Crippen molar-refractivity contribution in [3.63, 3.8) is 0 Å². The van der Waals surface area contributed by atoms with Crippen LogP contribution in [0.2, 0.25) is 0 Å². The Labute approximate surface area is 166 Å². The molecule has 0 saturated heterocycles. The third kappa shape index (κ3) is 5.13. The molecular formula is C24H26O4. The SMILES string of the molecule is C=CCc1cc(CC=C)c(OCCC)c(C=CC(=O)c2ccc(O)cc2)c1O. The Morgan fingerprint density at radius 3 is 2.32 bits per heavy atom. The highest BCUT2D eigenvalue weighted by Crippen LogP contribution is 2.37. The minimum atomic E-state index is -0.236. The van der Waals surface area contributed by atoms with Crippen molar-refractivity contribution in [2.45, 2.75) is 26.2 Å². The van der Waals surface area contributed by atoms with Gasteiger partial charge in [-0.05, 0) is 72.9 Å². The lowest BCUT2D eigenvalue weighted by atomic mass is 9.97. The zero-order chi connectivity index (χ0) is 20.5. The highest BCUT2D eigenvalue weighted by atomic mass is 16.5. The van der Waals surface area contributed by atoms with Crippen molar-refractivity contribution in [3.05, 3.63) is 84.0 Å². The molecule has 2 N–H and O–H groups in total. The minimum Gasteiger partial charge on any atom is -0.508 e. The third-order valence-corrected chi connectivity index (χ3v) is 4.18. The van der Waals surface area contributed by atoms with Crippen molar-refractivity contribution < 1.29 is 19.7 Å². The first-order valence-electron chi connectivity index (χ1n) is 9.25. The lowest BCUT2D eigenvalue weighted by Gasteiger charge is -2.17. The van der Waals surface area contributed by atoms with E-state index in [2.05, 4.69) is 13.2 Å². The third-order valence-electron chi connectivity index (χ3n) is 4.18. The van der Waals surface area contributed by atoms with Crippen LogP contribution in [0.15, 0.2) is 61.7 Å². The average Bonchev–Trinajstić information content (AvgIpc) is 2.69. The van der Waals surface area contributed by atoms with E-state index in [-0.39, 0.29) is 17.3 Å². The molecule has 0 radical (unpaired) electrons. The van der Waals surface area contributed by atoms with Gasteiger partial charge >= 0.3 is 0 Å². The zero-order valence-electron chi connectivity index (χ0n) is 16.1. The van der Waals surface area contributed by atoms with E-state index in [9.17, 15) is 15.0 Å². The van der Waals surface area contributed by atoms with Gasteiger partial charge in [-0.2, -0.15) is 0 Å².